The molecule has 0 aromatic heterocycles. The largest absolute Gasteiger partial charge is 0.350 e. The summed E-state index contributed by atoms with van der Waals surface area (Å²) in [5.74, 6) is 5.33. The van der Waals surface area contributed by atoms with E-state index < -0.39 is 0 Å². The molecule has 0 bridgehead atoms. The van der Waals surface area contributed by atoms with Crippen LogP contribution in [0.3, 0.4) is 0 Å². The van der Waals surface area contributed by atoms with Crippen LogP contribution in [0.25, 0.3) is 0 Å². The van der Waals surface area contributed by atoms with E-state index in [1.54, 1.807) is 6.07 Å². The number of hydrazine groups is 1. The molecule has 1 aromatic carbocycles. The highest BCUT2D eigenvalue weighted by Crippen LogP contribution is 2.17. The highest BCUT2D eigenvalue weighted by Gasteiger charge is 2.22. The maximum absolute atomic E-state index is 12.2. The second-order valence-electron chi connectivity index (χ2n) is 5.58. The zero-order valence-corrected chi connectivity index (χ0v) is 12.4. The molecule has 106 valence electrons. The van der Waals surface area contributed by atoms with Gasteiger partial charge in [0.2, 0.25) is 0 Å². The van der Waals surface area contributed by atoms with Crippen LogP contribution in [-0.2, 0) is 0 Å². The first-order valence-corrected chi connectivity index (χ1v) is 6.31. The summed E-state index contributed by atoms with van der Waals surface area (Å²) in [6.45, 7) is 6.67. The number of carbonyl (C=O) groups is 1. The maximum Gasteiger partial charge on any atom is 0.253 e. The van der Waals surface area contributed by atoms with Crippen molar-refractivity contribution in [2.24, 2.45) is 5.84 Å². The molecular weight excluding hydrogens is 240 g/mol. The minimum Gasteiger partial charge on any atom is -0.350 e. The summed E-state index contributed by atoms with van der Waals surface area (Å²) in [7, 11) is 3.98. The quantitative estimate of drug-likeness (QED) is 0.554. The van der Waals surface area contributed by atoms with Crippen LogP contribution in [0, 0.1) is 6.92 Å². The van der Waals surface area contributed by atoms with Gasteiger partial charge in [-0.2, -0.15) is 0 Å². The number of aryl methyl sites for hydroxylation is 1. The van der Waals surface area contributed by atoms with Gasteiger partial charge in [0.05, 0.1) is 11.3 Å². The number of hydrogen-bond acceptors (Lipinski definition) is 4. The van der Waals surface area contributed by atoms with Gasteiger partial charge in [-0.05, 0) is 52.6 Å². The lowest BCUT2D eigenvalue weighted by Gasteiger charge is -2.32. The number of amides is 1. The second kappa shape index (κ2) is 6.04. The molecule has 4 N–H and O–H groups in total. The Morgan fingerprint density at radius 1 is 1.37 bits per heavy atom. The first kappa shape index (κ1) is 15.5. The van der Waals surface area contributed by atoms with Crippen molar-refractivity contribution in [1.82, 2.24) is 10.2 Å². The number of nitrogens with one attached hydrogen (secondary N) is 2. The molecule has 19 heavy (non-hydrogen) atoms. The number of likely N-dealkylation sites (N-methyl/N-ethyl adjacent to an activating group) is 1. The maximum atomic E-state index is 12.2. The summed E-state index contributed by atoms with van der Waals surface area (Å²) >= 11 is 0. The lowest BCUT2D eigenvalue weighted by Crippen LogP contribution is -2.48. The smallest absolute Gasteiger partial charge is 0.253 e. The molecule has 0 radical (unpaired) electrons. The molecular formula is C14H24N4O. The van der Waals surface area contributed by atoms with Crippen molar-refractivity contribution in [3.05, 3.63) is 29.3 Å². The van der Waals surface area contributed by atoms with Gasteiger partial charge in [-0.1, -0.05) is 6.07 Å². The number of rotatable bonds is 5. The minimum atomic E-state index is -0.122. The molecule has 1 aromatic rings. The number of nitrogen functional groups attached to an aromatic ring is 1. The fourth-order valence-electron chi connectivity index (χ4n) is 1.53. The van der Waals surface area contributed by atoms with Crippen molar-refractivity contribution in [2.45, 2.75) is 26.3 Å². The van der Waals surface area contributed by atoms with Crippen LogP contribution in [0.5, 0.6) is 0 Å². The van der Waals surface area contributed by atoms with Crippen LogP contribution >= 0.6 is 0 Å². The van der Waals surface area contributed by atoms with Crippen molar-refractivity contribution in [2.75, 3.05) is 26.1 Å². The molecule has 0 aliphatic carbocycles. The summed E-state index contributed by atoms with van der Waals surface area (Å²) in [5.41, 5.74) is 4.72. The highest BCUT2D eigenvalue weighted by molar-refractivity contribution is 5.99. The lowest BCUT2D eigenvalue weighted by atomic mass is 10.0. The molecule has 0 unspecified atom stereocenters. The van der Waals surface area contributed by atoms with Crippen LogP contribution in [-0.4, -0.2) is 37.0 Å². The third-order valence-corrected chi connectivity index (χ3v) is 3.47. The van der Waals surface area contributed by atoms with Crippen molar-refractivity contribution in [1.29, 1.82) is 0 Å². The summed E-state index contributed by atoms with van der Waals surface area (Å²) < 4.78 is 0. The molecule has 0 spiro atoms. The number of carbonyl (C=O) groups excluding carboxylic acids is 1. The number of nitrogens with two attached hydrogens (primary N) is 1. The zero-order chi connectivity index (χ0) is 14.6. The van der Waals surface area contributed by atoms with Crippen LogP contribution in [0.1, 0.15) is 29.8 Å². The van der Waals surface area contributed by atoms with E-state index in [0.29, 0.717) is 17.8 Å². The molecule has 0 heterocycles. The Morgan fingerprint density at radius 3 is 2.53 bits per heavy atom. The third-order valence-electron chi connectivity index (χ3n) is 3.47. The Balaban J connectivity index is 2.79. The van der Waals surface area contributed by atoms with Gasteiger partial charge in [0, 0.05) is 12.1 Å². The lowest BCUT2D eigenvalue weighted by molar-refractivity contribution is 0.0920. The van der Waals surface area contributed by atoms with E-state index in [-0.39, 0.29) is 11.4 Å². The van der Waals surface area contributed by atoms with Crippen molar-refractivity contribution in [3.8, 4) is 0 Å². The predicted octanol–water partition coefficient (Wildman–Crippen LogP) is 1.35. The Hall–Kier alpha value is -1.59. The van der Waals surface area contributed by atoms with Crippen LogP contribution in [0.2, 0.25) is 0 Å². The highest BCUT2D eigenvalue weighted by atomic mass is 16.1. The van der Waals surface area contributed by atoms with Gasteiger partial charge in [-0.15, -0.1) is 0 Å². The number of anilines is 1. The normalized spacial score (nSPS) is 11.5. The van der Waals surface area contributed by atoms with E-state index in [0.717, 1.165) is 5.56 Å². The summed E-state index contributed by atoms with van der Waals surface area (Å²) in [4.78, 5) is 14.3. The molecule has 5 heteroatoms. The van der Waals surface area contributed by atoms with Crippen LogP contribution in [0.4, 0.5) is 5.69 Å². The predicted molar refractivity (Wildman–Crippen MR) is 79.1 cm³/mol. The molecule has 1 amide bonds. The van der Waals surface area contributed by atoms with Gasteiger partial charge in [-0.25, -0.2) is 0 Å². The molecule has 5 nitrogen and oxygen atoms in total. The Morgan fingerprint density at radius 2 is 2.00 bits per heavy atom. The van der Waals surface area contributed by atoms with Crippen molar-refractivity contribution < 1.29 is 4.79 Å². The van der Waals surface area contributed by atoms with Gasteiger partial charge in [0.15, 0.2) is 0 Å². The van der Waals surface area contributed by atoms with Gasteiger partial charge in [-0.3, -0.25) is 10.6 Å². The third kappa shape index (κ3) is 3.94. The first-order chi connectivity index (χ1) is 8.77. The van der Waals surface area contributed by atoms with Crippen LogP contribution in [0.15, 0.2) is 18.2 Å². The molecule has 0 saturated carbocycles. The Kier molecular flexibility index (Phi) is 4.91. The van der Waals surface area contributed by atoms with Gasteiger partial charge in [0.1, 0.15) is 0 Å². The average Bonchev–Trinajstić information content (AvgIpc) is 2.35. The number of hydrogen-bond donors (Lipinski definition) is 3. The summed E-state index contributed by atoms with van der Waals surface area (Å²) in [6, 6.07) is 5.53. The van der Waals surface area contributed by atoms with Gasteiger partial charge in [0.25, 0.3) is 5.91 Å². The average molecular weight is 264 g/mol. The van der Waals surface area contributed by atoms with E-state index in [2.05, 4.69) is 29.5 Å². The molecule has 0 aliphatic rings. The zero-order valence-electron chi connectivity index (χ0n) is 12.4. The number of nitrogens with zero attached hydrogens (tertiary/aromatic N) is 1. The molecule has 0 saturated heterocycles. The van der Waals surface area contributed by atoms with E-state index in [1.165, 1.54) is 0 Å². The summed E-state index contributed by atoms with van der Waals surface area (Å²) in [6.07, 6.45) is 0. The molecule has 1 rings (SSSR count). The topological polar surface area (TPSA) is 70.4 Å². The van der Waals surface area contributed by atoms with Crippen molar-refractivity contribution >= 4 is 11.6 Å². The van der Waals surface area contributed by atoms with E-state index in [4.69, 9.17) is 5.84 Å². The summed E-state index contributed by atoms with van der Waals surface area (Å²) in [5, 5.41) is 2.94. The molecule has 0 atom stereocenters. The fraction of sp³-hybridized carbons (Fsp3) is 0.500. The fourth-order valence-corrected chi connectivity index (χ4v) is 1.53. The Labute approximate surface area is 115 Å². The van der Waals surface area contributed by atoms with E-state index in [1.807, 2.05) is 33.2 Å². The standard InChI is InChI=1S/C14H24N4O/c1-10-6-7-11(12(8-10)17-15)13(19)16-9-14(2,3)18(4)5/h6-8,17H,9,15H2,1-5H3,(H,16,19). The van der Waals surface area contributed by atoms with E-state index in [9.17, 15) is 4.79 Å². The molecule has 0 aliphatic heterocycles. The van der Waals surface area contributed by atoms with Crippen LogP contribution < -0.4 is 16.6 Å². The Bertz CT molecular complexity index is 455. The monoisotopic (exact) mass is 264 g/mol. The van der Waals surface area contributed by atoms with Gasteiger partial charge >= 0.3 is 0 Å². The molecule has 0 fully saturated rings. The van der Waals surface area contributed by atoms with E-state index >= 15 is 0 Å². The minimum absolute atomic E-state index is 0.101. The van der Waals surface area contributed by atoms with Crippen molar-refractivity contribution in [3.63, 3.8) is 0 Å². The number of benzene rings is 1. The SMILES string of the molecule is Cc1ccc(C(=O)NCC(C)(C)N(C)C)c(NN)c1. The second-order valence-corrected chi connectivity index (χ2v) is 5.58. The van der Waals surface area contributed by atoms with Gasteiger partial charge < -0.3 is 15.6 Å². The first-order valence-electron chi connectivity index (χ1n) is 6.31.